The predicted octanol–water partition coefficient (Wildman–Crippen LogP) is 3.66. The van der Waals surface area contributed by atoms with Gasteiger partial charge >= 0.3 is 0 Å². The Morgan fingerprint density at radius 2 is 1.96 bits per heavy atom. The van der Waals surface area contributed by atoms with E-state index in [0.717, 1.165) is 15.6 Å². The third kappa shape index (κ3) is 3.59. The lowest BCUT2D eigenvalue weighted by Gasteiger charge is -2.03. The highest BCUT2D eigenvalue weighted by molar-refractivity contribution is 9.10. The van der Waals surface area contributed by atoms with Gasteiger partial charge in [0.25, 0.3) is 10.0 Å². The smallest absolute Gasteiger partial charge is 0.259 e. The minimum Gasteiger partial charge on any atom is -0.361 e. The number of benzene rings is 1. The first-order valence-corrected chi connectivity index (χ1v) is 10.2. The lowest BCUT2D eigenvalue weighted by atomic mass is 10.2. The van der Waals surface area contributed by atoms with E-state index in [-0.39, 0.29) is 11.6 Å². The van der Waals surface area contributed by atoms with Gasteiger partial charge in [-0.1, -0.05) is 33.2 Å². The molecule has 2 aromatic heterocycles. The molecule has 0 aliphatic carbocycles. The normalized spacial score (nSPS) is 11.8. The number of rotatable bonds is 5. The largest absolute Gasteiger partial charge is 0.361 e. The fourth-order valence-electron chi connectivity index (χ4n) is 2.10. The van der Waals surface area contributed by atoms with Crippen molar-refractivity contribution < 1.29 is 12.9 Å². The first kappa shape index (κ1) is 17.3. The van der Waals surface area contributed by atoms with Gasteiger partial charge in [0.15, 0.2) is 5.03 Å². The summed E-state index contributed by atoms with van der Waals surface area (Å²) in [6.07, 6.45) is 0. The van der Waals surface area contributed by atoms with E-state index < -0.39 is 10.0 Å². The van der Waals surface area contributed by atoms with Crippen molar-refractivity contribution in [2.24, 2.45) is 0 Å². The Bertz CT molecular complexity index is 943. The minimum absolute atomic E-state index is 0.0113. The van der Waals surface area contributed by atoms with Crippen LogP contribution in [0.4, 0.5) is 0 Å². The number of nitrogens with zero attached hydrogens (tertiary/aromatic N) is 2. The van der Waals surface area contributed by atoms with Gasteiger partial charge in [0.05, 0.1) is 5.69 Å². The summed E-state index contributed by atoms with van der Waals surface area (Å²) >= 11 is 4.66. The molecule has 3 aromatic rings. The second kappa shape index (κ2) is 6.75. The van der Waals surface area contributed by atoms with Crippen LogP contribution in [-0.2, 0) is 16.6 Å². The number of nitrogens with one attached hydrogen (secondary N) is 1. The maximum Gasteiger partial charge on any atom is 0.259 e. The fourth-order valence-corrected chi connectivity index (χ4v) is 4.46. The van der Waals surface area contributed by atoms with Crippen molar-refractivity contribution in [3.05, 3.63) is 51.1 Å². The molecule has 9 heteroatoms. The van der Waals surface area contributed by atoms with Crippen molar-refractivity contribution in [2.45, 2.75) is 25.4 Å². The quantitative estimate of drug-likeness (QED) is 0.671. The molecule has 0 spiro atoms. The number of hydrogen-bond donors (Lipinski definition) is 1. The lowest BCUT2D eigenvalue weighted by Crippen LogP contribution is -2.24. The molecule has 0 aliphatic rings. The molecule has 1 N–H and O–H groups in total. The topological polar surface area (TPSA) is 85.1 Å². The molecule has 0 amide bonds. The molecule has 0 atom stereocenters. The van der Waals surface area contributed by atoms with Crippen LogP contribution in [0, 0.1) is 13.8 Å². The van der Waals surface area contributed by atoms with Crippen LogP contribution in [0.5, 0.6) is 0 Å². The van der Waals surface area contributed by atoms with Crippen molar-refractivity contribution >= 4 is 37.3 Å². The van der Waals surface area contributed by atoms with Gasteiger partial charge in [-0.15, -0.1) is 11.3 Å². The highest BCUT2D eigenvalue weighted by Gasteiger charge is 2.20. The molecule has 126 valence electrons. The first-order chi connectivity index (χ1) is 11.4. The van der Waals surface area contributed by atoms with Crippen molar-refractivity contribution in [2.75, 3.05) is 0 Å². The Hall–Kier alpha value is -1.55. The zero-order chi connectivity index (χ0) is 17.3. The van der Waals surface area contributed by atoms with Gasteiger partial charge in [0.2, 0.25) is 0 Å². The van der Waals surface area contributed by atoms with Gasteiger partial charge in [-0.25, -0.2) is 18.1 Å². The molecule has 3 rings (SSSR count). The van der Waals surface area contributed by atoms with E-state index in [9.17, 15) is 8.42 Å². The zero-order valence-electron chi connectivity index (χ0n) is 12.9. The molecule has 0 bridgehead atoms. The summed E-state index contributed by atoms with van der Waals surface area (Å²) in [6, 6.07) is 7.55. The molecule has 0 saturated carbocycles. The molecular weight excluding hydrogens is 414 g/mol. The summed E-state index contributed by atoms with van der Waals surface area (Å²) in [5, 5.41) is 6.01. The molecule has 0 radical (unpaired) electrons. The van der Waals surface area contributed by atoms with E-state index in [1.807, 2.05) is 24.3 Å². The molecule has 24 heavy (non-hydrogen) atoms. The Labute approximate surface area is 152 Å². The number of halogens is 1. The second-order valence-corrected chi connectivity index (χ2v) is 8.61. The van der Waals surface area contributed by atoms with Gasteiger partial charge in [0, 0.05) is 27.5 Å². The van der Waals surface area contributed by atoms with Gasteiger partial charge in [-0.05, 0) is 26.0 Å². The van der Waals surface area contributed by atoms with Gasteiger partial charge in [-0.2, -0.15) is 0 Å². The summed E-state index contributed by atoms with van der Waals surface area (Å²) < 4.78 is 33.4. The average Bonchev–Trinajstić information content (AvgIpc) is 3.15. The van der Waals surface area contributed by atoms with Crippen LogP contribution in [0.15, 0.2) is 43.7 Å². The second-order valence-electron chi connectivity index (χ2n) is 5.13. The molecule has 2 heterocycles. The van der Waals surface area contributed by atoms with E-state index in [4.69, 9.17) is 4.52 Å². The number of thiazole rings is 1. The van der Waals surface area contributed by atoms with Crippen LogP contribution in [0.2, 0.25) is 0 Å². The highest BCUT2D eigenvalue weighted by atomic mass is 79.9. The molecule has 0 saturated heterocycles. The Morgan fingerprint density at radius 1 is 1.25 bits per heavy atom. The van der Waals surface area contributed by atoms with Crippen molar-refractivity contribution in [3.63, 3.8) is 0 Å². The van der Waals surface area contributed by atoms with Gasteiger partial charge < -0.3 is 4.52 Å². The van der Waals surface area contributed by atoms with Crippen LogP contribution in [-0.4, -0.2) is 18.6 Å². The van der Waals surface area contributed by atoms with Crippen molar-refractivity contribution in [1.82, 2.24) is 14.9 Å². The third-order valence-electron chi connectivity index (χ3n) is 3.47. The van der Waals surface area contributed by atoms with Crippen molar-refractivity contribution in [3.8, 4) is 10.6 Å². The van der Waals surface area contributed by atoms with E-state index >= 15 is 0 Å². The standard InChI is InChI=1S/C15H14BrN3O3S2/c1-9-13(10(2)22-19-9)7-17-24(20,21)14-8-23-15(18-14)11-3-5-12(16)6-4-11/h3-6,8,17H,7H2,1-2H3. The maximum absolute atomic E-state index is 12.4. The summed E-state index contributed by atoms with van der Waals surface area (Å²) in [4.78, 5) is 4.24. The van der Waals surface area contributed by atoms with E-state index in [1.165, 1.54) is 16.7 Å². The van der Waals surface area contributed by atoms with Crippen LogP contribution in [0.1, 0.15) is 17.0 Å². The van der Waals surface area contributed by atoms with Gasteiger partial charge in [0.1, 0.15) is 10.8 Å². The highest BCUT2D eigenvalue weighted by Crippen LogP contribution is 2.27. The molecule has 0 unspecified atom stereocenters. The van der Waals surface area contributed by atoms with E-state index in [1.54, 1.807) is 13.8 Å². The van der Waals surface area contributed by atoms with Crippen LogP contribution < -0.4 is 4.72 Å². The Balaban J connectivity index is 1.79. The van der Waals surface area contributed by atoms with Crippen LogP contribution >= 0.6 is 27.3 Å². The number of hydrogen-bond acceptors (Lipinski definition) is 6. The molecule has 0 aliphatic heterocycles. The molecule has 1 aromatic carbocycles. The molecule has 6 nitrogen and oxygen atoms in total. The number of sulfonamides is 1. The number of aromatic nitrogens is 2. The van der Waals surface area contributed by atoms with Gasteiger partial charge in [-0.3, -0.25) is 0 Å². The van der Waals surface area contributed by atoms with Crippen LogP contribution in [0.3, 0.4) is 0 Å². The summed E-state index contributed by atoms with van der Waals surface area (Å²) in [5.41, 5.74) is 2.28. The molecular formula is C15H14BrN3O3S2. The summed E-state index contributed by atoms with van der Waals surface area (Å²) in [5.74, 6) is 0.601. The minimum atomic E-state index is -3.69. The van der Waals surface area contributed by atoms with Crippen molar-refractivity contribution in [1.29, 1.82) is 0 Å². The summed E-state index contributed by atoms with van der Waals surface area (Å²) in [7, 11) is -3.69. The Kier molecular flexibility index (Phi) is 4.86. The number of aryl methyl sites for hydroxylation is 2. The molecule has 0 fully saturated rings. The van der Waals surface area contributed by atoms with E-state index in [2.05, 4.69) is 30.8 Å². The third-order valence-corrected chi connectivity index (χ3v) is 6.32. The monoisotopic (exact) mass is 427 g/mol. The Morgan fingerprint density at radius 3 is 2.58 bits per heavy atom. The predicted molar refractivity (Wildman–Crippen MR) is 95.3 cm³/mol. The fraction of sp³-hybridized carbons (Fsp3) is 0.200. The maximum atomic E-state index is 12.4. The first-order valence-electron chi connectivity index (χ1n) is 7.00. The van der Waals surface area contributed by atoms with E-state index in [0.29, 0.717) is 16.5 Å². The average molecular weight is 428 g/mol. The lowest BCUT2D eigenvalue weighted by molar-refractivity contribution is 0.392. The SMILES string of the molecule is Cc1noc(C)c1CNS(=O)(=O)c1csc(-c2ccc(Br)cc2)n1. The zero-order valence-corrected chi connectivity index (χ0v) is 16.1. The van der Waals surface area contributed by atoms with Crippen LogP contribution in [0.25, 0.3) is 10.6 Å². The summed E-state index contributed by atoms with van der Waals surface area (Å²) in [6.45, 7) is 3.64.